The average Bonchev–Trinajstić information content (AvgIpc) is 2.55. The molecule has 0 heterocycles. The number of amides is 1. The SMILES string of the molecule is CC(C)c1ccc(SCC(=O)N(C)Cc2ccc(F)cc2)cc1. The van der Waals surface area contributed by atoms with Gasteiger partial charge in [0.2, 0.25) is 5.91 Å². The average molecular weight is 331 g/mol. The normalized spacial score (nSPS) is 10.8. The van der Waals surface area contributed by atoms with Crippen molar-refractivity contribution in [2.75, 3.05) is 12.8 Å². The van der Waals surface area contributed by atoms with E-state index in [1.165, 1.54) is 29.5 Å². The lowest BCUT2D eigenvalue weighted by Crippen LogP contribution is -2.27. The van der Waals surface area contributed by atoms with Crippen LogP contribution in [0.15, 0.2) is 53.4 Å². The van der Waals surface area contributed by atoms with Crippen molar-refractivity contribution in [2.45, 2.75) is 31.2 Å². The molecule has 0 aliphatic rings. The van der Waals surface area contributed by atoms with Crippen molar-refractivity contribution in [2.24, 2.45) is 0 Å². The van der Waals surface area contributed by atoms with Gasteiger partial charge in [-0.3, -0.25) is 4.79 Å². The molecule has 122 valence electrons. The Balaban J connectivity index is 1.84. The van der Waals surface area contributed by atoms with Gasteiger partial charge < -0.3 is 4.90 Å². The van der Waals surface area contributed by atoms with Crippen LogP contribution in [0.1, 0.15) is 30.9 Å². The van der Waals surface area contributed by atoms with E-state index in [0.29, 0.717) is 18.2 Å². The molecule has 0 aliphatic carbocycles. The summed E-state index contributed by atoms with van der Waals surface area (Å²) in [4.78, 5) is 15.0. The van der Waals surface area contributed by atoms with Crippen LogP contribution in [0.25, 0.3) is 0 Å². The van der Waals surface area contributed by atoms with Gasteiger partial charge in [-0.1, -0.05) is 38.1 Å². The highest BCUT2D eigenvalue weighted by atomic mass is 32.2. The second kappa shape index (κ2) is 8.16. The third-order valence-corrected chi connectivity index (χ3v) is 4.66. The number of nitrogens with zero attached hydrogens (tertiary/aromatic N) is 1. The number of hydrogen-bond donors (Lipinski definition) is 0. The zero-order valence-corrected chi connectivity index (χ0v) is 14.6. The van der Waals surface area contributed by atoms with Gasteiger partial charge in [0.05, 0.1) is 5.75 Å². The van der Waals surface area contributed by atoms with E-state index >= 15 is 0 Å². The largest absolute Gasteiger partial charge is 0.341 e. The van der Waals surface area contributed by atoms with E-state index < -0.39 is 0 Å². The molecule has 0 radical (unpaired) electrons. The van der Waals surface area contributed by atoms with E-state index in [2.05, 4.69) is 38.1 Å². The lowest BCUT2D eigenvalue weighted by molar-refractivity contribution is -0.127. The molecule has 2 rings (SSSR count). The minimum absolute atomic E-state index is 0.0623. The van der Waals surface area contributed by atoms with Gasteiger partial charge >= 0.3 is 0 Å². The molecule has 0 spiro atoms. The van der Waals surface area contributed by atoms with Gasteiger partial charge in [-0.25, -0.2) is 4.39 Å². The zero-order chi connectivity index (χ0) is 16.8. The second-order valence-electron chi connectivity index (χ2n) is 5.89. The Kier molecular flexibility index (Phi) is 6.22. The maximum atomic E-state index is 12.9. The summed E-state index contributed by atoms with van der Waals surface area (Å²) in [6.45, 7) is 4.82. The molecule has 0 saturated carbocycles. The van der Waals surface area contributed by atoms with Gasteiger partial charge in [0, 0.05) is 18.5 Å². The van der Waals surface area contributed by atoms with E-state index in [-0.39, 0.29) is 11.7 Å². The minimum Gasteiger partial charge on any atom is -0.341 e. The number of thioether (sulfide) groups is 1. The van der Waals surface area contributed by atoms with Crippen molar-refractivity contribution < 1.29 is 9.18 Å². The molecule has 2 aromatic rings. The third kappa shape index (κ3) is 5.39. The molecular weight excluding hydrogens is 309 g/mol. The molecule has 4 heteroatoms. The molecule has 0 aromatic heterocycles. The van der Waals surface area contributed by atoms with Crippen LogP contribution in [0.3, 0.4) is 0 Å². The highest BCUT2D eigenvalue weighted by Crippen LogP contribution is 2.22. The summed E-state index contributed by atoms with van der Waals surface area (Å²) in [5.74, 6) is 0.714. The standard InChI is InChI=1S/C19H22FNOS/c1-14(2)16-6-10-18(11-7-16)23-13-19(22)21(3)12-15-4-8-17(20)9-5-15/h4-11,14H,12-13H2,1-3H3. The summed E-state index contributed by atoms with van der Waals surface area (Å²) in [7, 11) is 1.77. The fourth-order valence-electron chi connectivity index (χ4n) is 2.16. The van der Waals surface area contributed by atoms with Gasteiger partial charge in [-0.2, -0.15) is 0 Å². The van der Waals surface area contributed by atoms with Crippen molar-refractivity contribution >= 4 is 17.7 Å². The van der Waals surface area contributed by atoms with Crippen LogP contribution in [0, 0.1) is 5.82 Å². The fraction of sp³-hybridized carbons (Fsp3) is 0.316. The van der Waals surface area contributed by atoms with Crippen LogP contribution in [0.4, 0.5) is 4.39 Å². The van der Waals surface area contributed by atoms with Crippen molar-refractivity contribution in [1.29, 1.82) is 0 Å². The molecular formula is C19H22FNOS. The van der Waals surface area contributed by atoms with Crippen LogP contribution >= 0.6 is 11.8 Å². The Morgan fingerprint density at radius 1 is 1.09 bits per heavy atom. The van der Waals surface area contributed by atoms with Gasteiger partial charge in [-0.15, -0.1) is 11.8 Å². The van der Waals surface area contributed by atoms with E-state index in [9.17, 15) is 9.18 Å². The molecule has 2 nitrogen and oxygen atoms in total. The molecule has 0 fully saturated rings. The quantitative estimate of drug-likeness (QED) is 0.715. The van der Waals surface area contributed by atoms with Gasteiger partial charge in [0.25, 0.3) is 0 Å². The van der Waals surface area contributed by atoms with Crippen LogP contribution in [-0.2, 0) is 11.3 Å². The smallest absolute Gasteiger partial charge is 0.232 e. The maximum Gasteiger partial charge on any atom is 0.232 e. The summed E-state index contributed by atoms with van der Waals surface area (Å²) in [6, 6.07) is 14.6. The van der Waals surface area contributed by atoms with Crippen LogP contribution < -0.4 is 0 Å². The first-order valence-electron chi connectivity index (χ1n) is 7.67. The molecule has 0 unspecified atom stereocenters. The Morgan fingerprint density at radius 2 is 1.70 bits per heavy atom. The number of carbonyl (C=O) groups excluding carboxylic acids is 1. The molecule has 0 aliphatic heterocycles. The maximum absolute atomic E-state index is 12.9. The lowest BCUT2D eigenvalue weighted by atomic mass is 10.0. The summed E-state index contributed by atoms with van der Waals surface area (Å²) in [5, 5.41) is 0. The predicted molar refractivity (Wildman–Crippen MR) is 94.1 cm³/mol. The van der Waals surface area contributed by atoms with Crippen LogP contribution in [0.2, 0.25) is 0 Å². The second-order valence-corrected chi connectivity index (χ2v) is 6.94. The minimum atomic E-state index is -0.261. The summed E-state index contributed by atoms with van der Waals surface area (Å²) in [5.41, 5.74) is 2.22. The van der Waals surface area contributed by atoms with Crippen molar-refractivity contribution in [3.63, 3.8) is 0 Å². The Hall–Kier alpha value is -1.81. The first kappa shape index (κ1) is 17.5. The molecule has 0 atom stereocenters. The number of halogens is 1. The van der Waals surface area contributed by atoms with Crippen LogP contribution in [0.5, 0.6) is 0 Å². The van der Waals surface area contributed by atoms with E-state index in [1.54, 1.807) is 24.1 Å². The van der Waals surface area contributed by atoms with Gasteiger partial charge in [0.15, 0.2) is 0 Å². The first-order chi connectivity index (χ1) is 11.0. The van der Waals surface area contributed by atoms with Gasteiger partial charge in [-0.05, 0) is 41.3 Å². The first-order valence-corrected chi connectivity index (χ1v) is 8.65. The lowest BCUT2D eigenvalue weighted by Gasteiger charge is -2.17. The molecule has 2 aromatic carbocycles. The van der Waals surface area contributed by atoms with E-state index in [4.69, 9.17) is 0 Å². The molecule has 0 N–H and O–H groups in total. The van der Waals surface area contributed by atoms with Gasteiger partial charge in [0.1, 0.15) is 5.82 Å². The van der Waals surface area contributed by atoms with E-state index in [0.717, 1.165) is 10.5 Å². The molecule has 0 saturated heterocycles. The van der Waals surface area contributed by atoms with E-state index in [1.807, 2.05) is 0 Å². The summed E-state index contributed by atoms with van der Waals surface area (Å²) in [6.07, 6.45) is 0. The summed E-state index contributed by atoms with van der Waals surface area (Å²) >= 11 is 1.54. The number of hydrogen-bond acceptors (Lipinski definition) is 2. The third-order valence-electron chi connectivity index (χ3n) is 3.67. The molecule has 1 amide bonds. The van der Waals surface area contributed by atoms with Crippen LogP contribution in [-0.4, -0.2) is 23.6 Å². The van der Waals surface area contributed by atoms with Crippen molar-refractivity contribution in [3.8, 4) is 0 Å². The number of carbonyl (C=O) groups is 1. The topological polar surface area (TPSA) is 20.3 Å². The fourth-order valence-corrected chi connectivity index (χ4v) is 3.00. The van der Waals surface area contributed by atoms with Crippen molar-refractivity contribution in [3.05, 3.63) is 65.5 Å². The monoisotopic (exact) mass is 331 g/mol. The highest BCUT2D eigenvalue weighted by Gasteiger charge is 2.10. The predicted octanol–water partition coefficient (Wildman–Crippen LogP) is 4.70. The summed E-state index contributed by atoms with van der Waals surface area (Å²) < 4.78 is 12.9. The number of rotatable bonds is 6. The van der Waals surface area contributed by atoms with Crippen molar-refractivity contribution in [1.82, 2.24) is 4.90 Å². The molecule has 0 bridgehead atoms. The Bertz CT molecular complexity index is 637. The number of benzene rings is 2. The Labute approximate surface area is 141 Å². The highest BCUT2D eigenvalue weighted by molar-refractivity contribution is 8.00. The zero-order valence-electron chi connectivity index (χ0n) is 13.8. The Morgan fingerprint density at radius 3 is 2.26 bits per heavy atom. The molecule has 23 heavy (non-hydrogen) atoms.